The summed E-state index contributed by atoms with van der Waals surface area (Å²) in [6.45, 7) is 6.45. The van der Waals surface area contributed by atoms with Gasteiger partial charge in [0.1, 0.15) is 0 Å². The molecule has 1 aliphatic heterocycles. The van der Waals surface area contributed by atoms with Crippen molar-refractivity contribution in [3.05, 3.63) is 30.1 Å². The standard InChI is InChI=1S/C17H25N3O2/c1-14-5-9-19(10-6-14)17(22)7-11-20(15(2)21)13-16-4-3-8-18-12-16/h3-4,8,12,14H,5-7,9-11,13H2,1-2H3. The average molecular weight is 303 g/mol. The van der Waals surface area contributed by atoms with Crippen LogP contribution >= 0.6 is 0 Å². The summed E-state index contributed by atoms with van der Waals surface area (Å²) in [5.74, 6) is 0.858. The third-order valence-electron chi connectivity index (χ3n) is 4.27. The first-order valence-corrected chi connectivity index (χ1v) is 7.98. The van der Waals surface area contributed by atoms with Crippen molar-refractivity contribution in [3.8, 4) is 0 Å². The van der Waals surface area contributed by atoms with Crippen molar-refractivity contribution in [1.29, 1.82) is 0 Å². The van der Waals surface area contributed by atoms with Gasteiger partial charge in [0.2, 0.25) is 11.8 Å². The fourth-order valence-corrected chi connectivity index (χ4v) is 2.71. The zero-order valence-corrected chi connectivity index (χ0v) is 13.5. The van der Waals surface area contributed by atoms with Crippen LogP contribution in [0.15, 0.2) is 24.5 Å². The van der Waals surface area contributed by atoms with Gasteiger partial charge in [0.05, 0.1) is 0 Å². The zero-order chi connectivity index (χ0) is 15.9. The van der Waals surface area contributed by atoms with E-state index in [9.17, 15) is 9.59 Å². The lowest BCUT2D eigenvalue weighted by Crippen LogP contribution is -2.40. The van der Waals surface area contributed by atoms with E-state index in [0.717, 1.165) is 31.5 Å². The lowest BCUT2D eigenvalue weighted by molar-refractivity contribution is -0.134. The molecule has 0 bridgehead atoms. The van der Waals surface area contributed by atoms with E-state index in [4.69, 9.17) is 0 Å². The van der Waals surface area contributed by atoms with E-state index in [0.29, 0.717) is 25.4 Å². The lowest BCUT2D eigenvalue weighted by atomic mass is 9.99. The zero-order valence-electron chi connectivity index (χ0n) is 13.5. The normalized spacial score (nSPS) is 15.6. The monoisotopic (exact) mass is 303 g/mol. The molecule has 2 heterocycles. The van der Waals surface area contributed by atoms with E-state index >= 15 is 0 Å². The summed E-state index contributed by atoms with van der Waals surface area (Å²) in [5, 5.41) is 0. The first-order chi connectivity index (χ1) is 10.6. The van der Waals surface area contributed by atoms with Crippen LogP contribution in [-0.4, -0.2) is 46.2 Å². The van der Waals surface area contributed by atoms with Crippen molar-refractivity contribution in [2.45, 2.75) is 39.7 Å². The van der Waals surface area contributed by atoms with Gasteiger partial charge in [-0.2, -0.15) is 0 Å². The number of piperidine rings is 1. The van der Waals surface area contributed by atoms with Gasteiger partial charge in [-0.05, 0) is 30.4 Å². The van der Waals surface area contributed by atoms with Crippen LogP contribution < -0.4 is 0 Å². The van der Waals surface area contributed by atoms with Crippen LogP contribution in [0, 0.1) is 5.92 Å². The number of hydrogen-bond donors (Lipinski definition) is 0. The van der Waals surface area contributed by atoms with Gasteiger partial charge in [-0.3, -0.25) is 14.6 Å². The highest BCUT2D eigenvalue weighted by molar-refractivity contribution is 5.78. The molecule has 0 aliphatic carbocycles. The minimum Gasteiger partial charge on any atom is -0.343 e. The van der Waals surface area contributed by atoms with Crippen molar-refractivity contribution in [1.82, 2.24) is 14.8 Å². The average Bonchev–Trinajstić information content (AvgIpc) is 2.52. The van der Waals surface area contributed by atoms with Crippen LogP contribution in [0.2, 0.25) is 0 Å². The highest BCUT2D eigenvalue weighted by atomic mass is 16.2. The first kappa shape index (κ1) is 16.5. The quantitative estimate of drug-likeness (QED) is 0.837. The second kappa shape index (κ2) is 7.92. The Morgan fingerprint density at radius 3 is 2.68 bits per heavy atom. The maximum Gasteiger partial charge on any atom is 0.224 e. The Kier molecular flexibility index (Phi) is 5.92. The van der Waals surface area contributed by atoms with Gasteiger partial charge in [-0.15, -0.1) is 0 Å². The predicted molar refractivity (Wildman–Crippen MR) is 84.9 cm³/mol. The highest BCUT2D eigenvalue weighted by Gasteiger charge is 2.21. The molecule has 0 aromatic carbocycles. The fraction of sp³-hybridized carbons (Fsp3) is 0.588. The molecule has 22 heavy (non-hydrogen) atoms. The van der Waals surface area contributed by atoms with Gasteiger partial charge < -0.3 is 9.80 Å². The van der Waals surface area contributed by atoms with E-state index < -0.39 is 0 Å². The number of amides is 2. The summed E-state index contributed by atoms with van der Waals surface area (Å²) in [6.07, 6.45) is 6.02. The number of carbonyl (C=O) groups excluding carboxylic acids is 2. The maximum absolute atomic E-state index is 12.3. The molecular weight excluding hydrogens is 278 g/mol. The summed E-state index contributed by atoms with van der Waals surface area (Å²) in [4.78, 5) is 31.7. The molecule has 0 atom stereocenters. The Hall–Kier alpha value is -1.91. The van der Waals surface area contributed by atoms with Gasteiger partial charge in [0, 0.05) is 51.9 Å². The van der Waals surface area contributed by atoms with Crippen LogP contribution in [0.25, 0.3) is 0 Å². The lowest BCUT2D eigenvalue weighted by Gasteiger charge is -2.31. The van der Waals surface area contributed by atoms with Crippen LogP contribution in [0.4, 0.5) is 0 Å². The van der Waals surface area contributed by atoms with Gasteiger partial charge in [0.15, 0.2) is 0 Å². The van der Waals surface area contributed by atoms with E-state index in [1.54, 1.807) is 24.2 Å². The molecule has 1 aromatic rings. The molecule has 5 nitrogen and oxygen atoms in total. The van der Waals surface area contributed by atoms with E-state index in [1.165, 1.54) is 0 Å². The summed E-state index contributed by atoms with van der Waals surface area (Å²) < 4.78 is 0. The molecule has 1 aromatic heterocycles. The number of likely N-dealkylation sites (tertiary alicyclic amines) is 1. The molecule has 0 N–H and O–H groups in total. The molecule has 5 heteroatoms. The Morgan fingerprint density at radius 1 is 1.36 bits per heavy atom. The number of nitrogens with zero attached hydrogens (tertiary/aromatic N) is 3. The molecule has 1 saturated heterocycles. The van der Waals surface area contributed by atoms with Crippen molar-refractivity contribution < 1.29 is 9.59 Å². The van der Waals surface area contributed by atoms with Gasteiger partial charge >= 0.3 is 0 Å². The Bertz CT molecular complexity index is 496. The fourth-order valence-electron chi connectivity index (χ4n) is 2.71. The third-order valence-corrected chi connectivity index (χ3v) is 4.27. The number of aromatic nitrogens is 1. The predicted octanol–water partition coefficient (Wildman–Crippen LogP) is 2.08. The van der Waals surface area contributed by atoms with E-state index in [1.807, 2.05) is 17.0 Å². The van der Waals surface area contributed by atoms with Crippen molar-refractivity contribution in [2.24, 2.45) is 5.92 Å². The first-order valence-electron chi connectivity index (χ1n) is 7.98. The minimum atomic E-state index is -0.0103. The summed E-state index contributed by atoms with van der Waals surface area (Å²) in [6, 6.07) is 3.80. The number of pyridine rings is 1. The second-order valence-electron chi connectivity index (χ2n) is 6.12. The summed E-state index contributed by atoms with van der Waals surface area (Å²) in [5.41, 5.74) is 0.983. The molecule has 0 saturated carbocycles. The van der Waals surface area contributed by atoms with Crippen LogP contribution in [0.1, 0.15) is 38.7 Å². The summed E-state index contributed by atoms with van der Waals surface area (Å²) >= 11 is 0. The van der Waals surface area contributed by atoms with Crippen molar-refractivity contribution in [3.63, 3.8) is 0 Å². The Balaban J connectivity index is 1.84. The van der Waals surface area contributed by atoms with Crippen molar-refractivity contribution in [2.75, 3.05) is 19.6 Å². The minimum absolute atomic E-state index is 0.0103. The molecule has 120 valence electrons. The smallest absolute Gasteiger partial charge is 0.224 e. The van der Waals surface area contributed by atoms with E-state index in [-0.39, 0.29) is 11.8 Å². The van der Waals surface area contributed by atoms with Gasteiger partial charge in [-0.25, -0.2) is 0 Å². The van der Waals surface area contributed by atoms with Crippen LogP contribution in [0.3, 0.4) is 0 Å². The Labute approximate surface area is 132 Å². The van der Waals surface area contributed by atoms with Gasteiger partial charge in [-0.1, -0.05) is 13.0 Å². The molecule has 0 unspecified atom stereocenters. The summed E-state index contributed by atoms with van der Waals surface area (Å²) in [7, 11) is 0. The highest BCUT2D eigenvalue weighted by Crippen LogP contribution is 2.16. The molecule has 1 aliphatic rings. The molecular formula is C17H25N3O2. The largest absolute Gasteiger partial charge is 0.343 e. The van der Waals surface area contributed by atoms with Crippen molar-refractivity contribution >= 4 is 11.8 Å². The number of hydrogen-bond acceptors (Lipinski definition) is 3. The second-order valence-corrected chi connectivity index (χ2v) is 6.12. The van der Waals surface area contributed by atoms with Gasteiger partial charge in [0.25, 0.3) is 0 Å². The number of carbonyl (C=O) groups is 2. The molecule has 2 amide bonds. The number of rotatable bonds is 5. The topological polar surface area (TPSA) is 53.5 Å². The van der Waals surface area contributed by atoms with Crippen LogP contribution in [0.5, 0.6) is 0 Å². The molecule has 0 spiro atoms. The van der Waals surface area contributed by atoms with E-state index in [2.05, 4.69) is 11.9 Å². The Morgan fingerprint density at radius 2 is 2.09 bits per heavy atom. The third kappa shape index (κ3) is 4.83. The molecule has 2 rings (SSSR count). The maximum atomic E-state index is 12.3. The SMILES string of the molecule is CC(=O)N(CCC(=O)N1CCC(C)CC1)Cc1cccnc1. The molecule has 0 radical (unpaired) electrons. The van der Waals surface area contributed by atoms with Crippen LogP contribution in [-0.2, 0) is 16.1 Å². The molecule has 1 fully saturated rings.